The number of primary amides is 2. The number of carbonyl (C=O) groups excluding carboxylic acids is 4. The molecule has 16 nitrogen and oxygen atoms in total. The first-order valence-corrected chi connectivity index (χ1v) is 25.5. The van der Waals surface area contributed by atoms with Crippen LogP contribution in [0.5, 0.6) is 0 Å². The van der Waals surface area contributed by atoms with Gasteiger partial charge >= 0.3 is 12.2 Å². The molecule has 1 aliphatic heterocycles. The molecule has 0 radical (unpaired) electrons. The number of hydroxylamine groups is 2. The number of carbonyl (C=O) groups is 4. The highest BCUT2D eigenvalue weighted by Crippen LogP contribution is 2.38. The van der Waals surface area contributed by atoms with Gasteiger partial charge in [0.15, 0.2) is 6.23 Å². The van der Waals surface area contributed by atoms with Gasteiger partial charge in [-0.05, 0) is 110 Å². The van der Waals surface area contributed by atoms with Gasteiger partial charge in [-0.3, -0.25) is 9.59 Å². The van der Waals surface area contributed by atoms with Crippen LogP contribution in [0.3, 0.4) is 0 Å². The van der Waals surface area contributed by atoms with Gasteiger partial charge in [0.2, 0.25) is 0 Å². The molecule has 0 aliphatic carbocycles. The number of aryl methyl sites for hydroxylation is 2. The van der Waals surface area contributed by atoms with E-state index in [4.69, 9.17) is 21.0 Å². The number of amides is 4. The van der Waals surface area contributed by atoms with Crippen LogP contribution in [0.25, 0.3) is 43.6 Å². The molecule has 1 aliphatic rings. The number of piperazine rings is 1. The summed E-state index contributed by atoms with van der Waals surface area (Å²) in [5.74, 6) is -1.13. The zero-order valence-corrected chi connectivity index (χ0v) is 40.3. The van der Waals surface area contributed by atoms with Gasteiger partial charge in [-0.15, -0.1) is 16.4 Å². The second-order valence-corrected chi connectivity index (χ2v) is 20.1. The molecule has 3 aromatic heterocycles. The Kier molecular flexibility index (Phi) is 14.4. The lowest BCUT2D eigenvalue weighted by Crippen LogP contribution is -2.57. The predicted octanol–water partition coefficient (Wildman–Crippen LogP) is 8.37. The summed E-state index contributed by atoms with van der Waals surface area (Å²) < 4.78 is 38.9. The zero-order valence-electron chi connectivity index (χ0n) is 38.7. The highest BCUT2D eigenvalue weighted by atomic mass is 32.2. The Morgan fingerprint density at radius 1 is 0.691 bits per heavy atom. The Morgan fingerprint density at radius 3 is 1.68 bits per heavy atom. The van der Waals surface area contributed by atoms with Crippen LogP contribution in [0, 0.1) is 0 Å². The van der Waals surface area contributed by atoms with Gasteiger partial charge in [0.1, 0.15) is 4.21 Å². The number of hydrogen-bond donors (Lipinski definition) is 4. The fourth-order valence-corrected chi connectivity index (χ4v) is 12.5. The summed E-state index contributed by atoms with van der Waals surface area (Å²) in [6, 6.07) is 27.0. The quantitative estimate of drug-likeness (QED) is 0.0649. The van der Waals surface area contributed by atoms with Crippen molar-refractivity contribution in [3.8, 4) is 0 Å². The number of alkyl carbamates (subject to hydrolysis) is 1. The van der Waals surface area contributed by atoms with Gasteiger partial charge in [-0.1, -0.05) is 56.3 Å². The van der Waals surface area contributed by atoms with Crippen LogP contribution >= 0.6 is 11.3 Å². The summed E-state index contributed by atoms with van der Waals surface area (Å²) in [7, 11) is -4.08. The van der Waals surface area contributed by atoms with Crippen LogP contribution in [0.15, 0.2) is 94.5 Å². The lowest BCUT2D eigenvalue weighted by Gasteiger charge is -2.38. The van der Waals surface area contributed by atoms with E-state index in [-0.39, 0.29) is 48.8 Å². The maximum Gasteiger partial charge on any atom is 0.426 e. The number of benzene rings is 4. The highest BCUT2D eigenvalue weighted by Gasteiger charge is 2.40. The SMILES string of the molecule is CCC(CCNC(=O)OC1CN(OC(=O)NCCC(CC)c2cc(C(N)=O)c3c(c2)c2ccccc2n3CC)CCN1S(=O)(=O)c1cccs1)c1cc(C(N)=O)c2c(c1)c1ccccc1n2CC. The van der Waals surface area contributed by atoms with Gasteiger partial charge in [0.05, 0.1) is 28.7 Å². The third-order valence-corrected chi connectivity index (χ3v) is 16.4. The van der Waals surface area contributed by atoms with Crippen molar-refractivity contribution in [3.05, 3.63) is 113 Å². The summed E-state index contributed by atoms with van der Waals surface area (Å²) in [5.41, 5.74) is 18.3. The van der Waals surface area contributed by atoms with E-state index < -0.39 is 40.3 Å². The van der Waals surface area contributed by atoms with Crippen LogP contribution in [-0.4, -0.2) is 89.9 Å². The minimum atomic E-state index is -4.08. The van der Waals surface area contributed by atoms with E-state index in [1.54, 1.807) is 11.4 Å². The van der Waals surface area contributed by atoms with Crippen LogP contribution in [0.4, 0.5) is 9.59 Å². The highest BCUT2D eigenvalue weighted by molar-refractivity contribution is 7.91. The molecule has 0 bridgehead atoms. The maximum atomic E-state index is 13.8. The van der Waals surface area contributed by atoms with E-state index in [9.17, 15) is 27.6 Å². The fraction of sp³-hybridized carbons (Fsp3) is 0.360. The number of nitrogens with one attached hydrogen (secondary N) is 2. The van der Waals surface area contributed by atoms with Crippen molar-refractivity contribution in [1.29, 1.82) is 0 Å². The van der Waals surface area contributed by atoms with Gasteiger partial charge in [-0.2, -0.15) is 4.31 Å². The van der Waals surface area contributed by atoms with Gasteiger partial charge < -0.3 is 40.8 Å². The van der Waals surface area contributed by atoms with Crippen LogP contribution in [0.2, 0.25) is 0 Å². The van der Waals surface area contributed by atoms with E-state index in [2.05, 4.69) is 31.9 Å². The molecule has 4 aromatic carbocycles. The molecule has 4 amide bonds. The van der Waals surface area contributed by atoms with E-state index in [1.165, 1.54) is 11.1 Å². The first-order chi connectivity index (χ1) is 32.8. The Balaban J connectivity index is 0.919. The Hall–Kier alpha value is -6.47. The lowest BCUT2D eigenvalue weighted by molar-refractivity contribution is -0.158. The van der Waals surface area contributed by atoms with Crippen molar-refractivity contribution < 1.29 is 37.2 Å². The van der Waals surface area contributed by atoms with Gasteiger partial charge in [0, 0.05) is 71.8 Å². The lowest BCUT2D eigenvalue weighted by atomic mass is 9.90. The summed E-state index contributed by atoms with van der Waals surface area (Å²) in [4.78, 5) is 58.1. The Bertz CT molecular complexity index is 3130. The molecular formula is C50H58N8O8S2. The van der Waals surface area contributed by atoms with Crippen molar-refractivity contribution in [2.24, 2.45) is 11.5 Å². The number of nitrogens with two attached hydrogens (primary N) is 2. The minimum Gasteiger partial charge on any atom is -0.428 e. The molecule has 4 heterocycles. The number of rotatable bonds is 18. The number of hydrogen-bond acceptors (Lipinski definition) is 10. The molecule has 1 fully saturated rings. The monoisotopic (exact) mass is 962 g/mol. The third-order valence-electron chi connectivity index (χ3n) is 13.2. The van der Waals surface area contributed by atoms with Crippen LogP contribution in [-0.2, 0) is 32.7 Å². The molecule has 1 saturated heterocycles. The number of aromatic nitrogens is 2. The van der Waals surface area contributed by atoms with Crippen LogP contribution < -0.4 is 22.1 Å². The van der Waals surface area contributed by atoms with Gasteiger partial charge in [0.25, 0.3) is 21.8 Å². The smallest absolute Gasteiger partial charge is 0.426 e. The molecule has 358 valence electrons. The fourth-order valence-electron chi connectivity index (χ4n) is 9.84. The molecule has 3 atom stereocenters. The van der Waals surface area contributed by atoms with E-state index >= 15 is 0 Å². The van der Waals surface area contributed by atoms with Crippen LogP contribution in [0.1, 0.15) is 97.1 Å². The number of fused-ring (bicyclic) bond motifs is 6. The minimum absolute atomic E-state index is 0.0189. The Labute approximate surface area is 399 Å². The zero-order chi connectivity index (χ0) is 48.3. The van der Waals surface area contributed by atoms with E-state index in [0.717, 1.165) is 76.8 Å². The average Bonchev–Trinajstić information content (AvgIpc) is 4.07. The van der Waals surface area contributed by atoms with Crippen molar-refractivity contribution in [3.63, 3.8) is 0 Å². The number of sulfonamides is 1. The molecule has 3 unspecified atom stereocenters. The van der Waals surface area contributed by atoms with Crippen molar-refractivity contribution >= 4 is 89.0 Å². The number of ether oxygens (including phenoxy) is 1. The second kappa shape index (κ2) is 20.4. The summed E-state index contributed by atoms with van der Waals surface area (Å²) in [6.07, 6.45) is -0.480. The Morgan fingerprint density at radius 2 is 1.21 bits per heavy atom. The average molecular weight is 963 g/mol. The van der Waals surface area contributed by atoms with Crippen molar-refractivity contribution in [2.45, 2.75) is 88.7 Å². The molecule has 0 spiro atoms. The van der Waals surface area contributed by atoms with Crippen molar-refractivity contribution in [2.75, 3.05) is 32.7 Å². The molecule has 18 heteroatoms. The van der Waals surface area contributed by atoms with E-state index in [1.807, 2.05) is 88.4 Å². The summed E-state index contributed by atoms with van der Waals surface area (Å²) in [6.45, 7) is 9.53. The molecule has 0 saturated carbocycles. The summed E-state index contributed by atoms with van der Waals surface area (Å²) >= 11 is 1.05. The largest absolute Gasteiger partial charge is 0.428 e. The standard InChI is InChI=1S/C50H58N8O8S2/c1-5-31(33-26-37-35-14-9-11-16-41(35)56(7-3)45(37)39(28-33)47(51)59)19-21-53-49(61)65-43-30-55(23-24-58(43)68(63,64)44-18-13-25-67-44)66-50(62)54-22-20-32(6-2)34-27-38-36-15-10-12-17-42(36)57(8-4)46(38)40(29-34)48(52)60/h9-18,25-29,31-32,43H,5-8,19-24,30H2,1-4H3,(H2,51,59)(H2,52,60)(H,53,61)(H,54,62). The number of thiophene rings is 1. The molecule has 68 heavy (non-hydrogen) atoms. The number of para-hydroxylation sites is 2. The third kappa shape index (κ3) is 9.37. The molecule has 7 aromatic rings. The number of nitrogens with zero attached hydrogens (tertiary/aromatic N) is 4. The van der Waals surface area contributed by atoms with Gasteiger partial charge in [-0.25, -0.2) is 18.0 Å². The molecule has 6 N–H and O–H groups in total. The molecule has 8 rings (SSSR count). The first kappa shape index (κ1) is 48.0. The predicted molar refractivity (Wildman–Crippen MR) is 265 cm³/mol. The maximum absolute atomic E-state index is 13.8. The second-order valence-electron chi connectivity index (χ2n) is 17.0. The van der Waals surface area contributed by atoms with E-state index in [0.29, 0.717) is 43.5 Å². The summed E-state index contributed by atoms with van der Waals surface area (Å²) in [5, 5.41) is 12.5. The topological polar surface area (TPSA) is 213 Å². The normalized spacial score (nSPS) is 15.7. The van der Waals surface area contributed by atoms with Crippen molar-refractivity contribution in [1.82, 2.24) is 29.1 Å². The first-order valence-electron chi connectivity index (χ1n) is 23.2. The molecular weight excluding hydrogens is 905 g/mol.